The van der Waals surface area contributed by atoms with Gasteiger partial charge in [-0.1, -0.05) is 36.4 Å². The van der Waals surface area contributed by atoms with Gasteiger partial charge in [0.1, 0.15) is 18.6 Å². The van der Waals surface area contributed by atoms with Crippen molar-refractivity contribution in [2.24, 2.45) is 0 Å². The molecule has 0 saturated carbocycles. The van der Waals surface area contributed by atoms with Crippen LogP contribution in [-0.2, 0) is 13.0 Å². The van der Waals surface area contributed by atoms with Crippen molar-refractivity contribution in [3.05, 3.63) is 59.7 Å². The number of aromatic nitrogens is 1. The molecule has 0 atom stereocenters. The van der Waals surface area contributed by atoms with Gasteiger partial charge in [-0.3, -0.25) is 0 Å². The summed E-state index contributed by atoms with van der Waals surface area (Å²) in [5.74, 6) is 0. The van der Waals surface area contributed by atoms with Crippen molar-refractivity contribution in [3.63, 3.8) is 0 Å². The maximum Gasteiger partial charge on any atom is 0.337 e. The fourth-order valence-electron chi connectivity index (χ4n) is 3.07. The summed E-state index contributed by atoms with van der Waals surface area (Å²) >= 11 is 1.93. The number of anilines is 1. The first kappa shape index (κ1) is 15.5. The predicted molar refractivity (Wildman–Crippen MR) is 89.1 cm³/mol. The predicted octanol–water partition coefficient (Wildman–Crippen LogP) is 0.564. The van der Waals surface area contributed by atoms with Crippen LogP contribution in [0.2, 0.25) is 0 Å². The molecule has 0 radical (unpaired) electrons. The second kappa shape index (κ2) is 6.39. The summed E-state index contributed by atoms with van der Waals surface area (Å²) in [5, 5.41) is 1.42. The molecule has 0 amide bonds. The summed E-state index contributed by atoms with van der Waals surface area (Å²) in [6, 6.07) is 17.6. The number of thiazole rings is 1. The third kappa shape index (κ3) is 2.77. The third-order valence-corrected chi connectivity index (χ3v) is 5.42. The zero-order valence-electron chi connectivity index (χ0n) is 12.6. The van der Waals surface area contributed by atoms with E-state index in [2.05, 4.69) is 64.9 Å². The molecule has 0 fully saturated rings. The van der Waals surface area contributed by atoms with Crippen LogP contribution in [0, 0.1) is 6.92 Å². The van der Waals surface area contributed by atoms with Gasteiger partial charge in [0.25, 0.3) is 0 Å². The number of fused-ring (bicyclic) bond motifs is 3. The molecule has 2 heterocycles. The second-order valence-electron chi connectivity index (χ2n) is 5.73. The summed E-state index contributed by atoms with van der Waals surface area (Å²) in [5.41, 5.74) is 4.16. The van der Waals surface area contributed by atoms with E-state index in [1.54, 1.807) is 0 Å². The number of halogens is 1. The first-order valence-electron chi connectivity index (χ1n) is 7.53. The molecule has 0 saturated heterocycles. The molecular formula is C18H19BrN2S. The Kier molecular flexibility index (Phi) is 4.50. The van der Waals surface area contributed by atoms with Gasteiger partial charge in [-0.05, 0) is 41.5 Å². The van der Waals surface area contributed by atoms with Crippen LogP contribution in [0.25, 0.3) is 10.2 Å². The molecule has 1 aliphatic rings. The Morgan fingerprint density at radius 2 is 1.95 bits per heavy atom. The number of aryl methyl sites for hydroxylation is 1. The van der Waals surface area contributed by atoms with E-state index in [9.17, 15) is 0 Å². The van der Waals surface area contributed by atoms with E-state index in [-0.39, 0.29) is 17.0 Å². The molecule has 0 aliphatic carbocycles. The van der Waals surface area contributed by atoms with Gasteiger partial charge in [-0.15, -0.1) is 0 Å². The van der Waals surface area contributed by atoms with Crippen molar-refractivity contribution in [1.82, 2.24) is 0 Å². The summed E-state index contributed by atoms with van der Waals surface area (Å²) < 4.78 is 3.89. The van der Waals surface area contributed by atoms with Gasteiger partial charge in [-0.25, -0.2) is 9.47 Å². The Balaban J connectivity index is 0.00000144. The molecule has 22 heavy (non-hydrogen) atoms. The van der Waals surface area contributed by atoms with Crippen LogP contribution in [0.3, 0.4) is 0 Å². The maximum absolute atomic E-state index is 2.53. The zero-order chi connectivity index (χ0) is 14.2. The summed E-state index contributed by atoms with van der Waals surface area (Å²) in [6.07, 6.45) is 1.12. The largest absolute Gasteiger partial charge is 1.00 e. The lowest BCUT2D eigenvalue weighted by Gasteiger charge is -2.08. The van der Waals surface area contributed by atoms with E-state index in [0.717, 1.165) is 26.1 Å². The average molecular weight is 375 g/mol. The fraction of sp³-hybridized carbons (Fsp3) is 0.278. The van der Waals surface area contributed by atoms with Crippen LogP contribution in [0.15, 0.2) is 48.5 Å². The van der Waals surface area contributed by atoms with Crippen molar-refractivity contribution in [1.29, 1.82) is 0 Å². The van der Waals surface area contributed by atoms with Crippen molar-refractivity contribution in [2.45, 2.75) is 19.9 Å². The van der Waals surface area contributed by atoms with Crippen molar-refractivity contribution in [2.75, 3.05) is 18.0 Å². The minimum atomic E-state index is 0. The Morgan fingerprint density at radius 1 is 1.14 bits per heavy atom. The first-order valence-corrected chi connectivity index (χ1v) is 8.35. The summed E-state index contributed by atoms with van der Waals surface area (Å²) in [7, 11) is 0. The lowest BCUT2D eigenvalue weighted by Crippen LogP contribution is -3.00. The van der Waals surface area contributed by atoms with Crippen LogP contribution in [0.4, 0.5) is 5.13 Å². The Labute approximate surface area is 145 Å². The van der Waals surface area contributed by atoms with Crippen molar-refractivity contribution < 1.29 is 21.5 Å². The minimum absolute atomic E-state index is 0. The van der Waals surface area contributed by atoms with E-state index in [4.69, 9.17) is 0 Å². The number of benzene rings is 2. The molecule has 4 heteroatoms. The molecule has 114 valence electrons. The molecule has 0 unspecified atom stereocenters. The van der Waals surface area contributed by atoms with E-state index in [1.165, 1.54) is 26.5 Å². The molecule has 3 aromatic rings. The number of hydrogen-bond acceptors (Lipinski definition) is 2. The lowest BCUT2D eigenvalue weighted by atomic mass is 10.1. The standard InChI is InChI=1S/C18H19N2S.BrH/c1-14-7-8-16-17(13-14)21-18-19(11-12-20(16)18)10-9-15-5-3-2-4-6-15;/h2-8,13H,9-12H2,1H3;1H/q+1;/p-1. The Bertz CT molecular complexity index is 782. The molecule has 2 aromatic carbocycles. The van der Waals surface area contributed by atoms with Crippen molar-refractivity contribution >= 4 is 26.7 Å². The van der Waals surface area contributed by atoms with Crippen LogP contribution in [0.5, 0.6) is 0 Å². The lowest BCUT2D eigenvalue weighted by molar-refractivity contribution is -0.641. The molecule has 2 nitrogen and oxygen atoms in total. The third-order valence-electron chi connectivity index (χ3n) is 4.22. The van der Waals surface area contributed by atoms with Gasteiger partial charge in [0, 0.05) is 6.42 Å². The number of hydrogen-bond donors (Lipinski definition) is 0. The zero-order valence-corrected chi connectivity index (χ0v) is 15.0. The maximum atomic E-state index is 2.53. The van der Waals surface area contributed by atoms with Crippen LogP contribution in [0.1, 0.15) is 11.1 Å². The van der Waals surface area contributed by atoms with E-state index >= 15 is 0 Å². The van der Waals surface area contributed by atoms with Crippen molar-refractivity contribution in [3.8, 4) is 0 Å². The molecule has 0 N–H and O–H groups in total. The summed E-state index contributed by atoms with van der Waals surface area (Å²) in [6.45, 7) is 5.54. The quantitative estimate of drug-likeness (QED) is 0.607. The Morgan fingerprint density at radius 3 is 2.77 bits per heavy atom. The molecule has 4 rings (SSSR count). The second-order valence-corrected chi connectivity index (χ2v) is 6.74. The molecular weight excluding hydrogens is 356 g/mol. The molecule has 1 aliphatic heterocycles. The Hall–Kier alpha value is -1.39. The normalized spacial score (nSPS) is 13.2. The highest BCUT2D eigenvalue weighted by molar-refractivity contribution is 7.21. The van der Waals surface area contributed by atoms with Gasteiger partial charge in [0.15, 0.2) is 0 Å². The van der Waals surface area contributed by atoms with E-state index < -0.39 is 0 Å². The van der Waals surface area contributed by atoms with Gasteiger partial charge in [0.05, 0.1) is 11.2 Å². The number of rotatable bonds is 3. The SMILES string of the molecule is Cc1ccc2c(c1)sc1[n+]2CCN1CCc1ccccc1.[Br-]. The topological polar surface area (TPSA) is 7.12 Å². The highest BCUT2D eigenvalue weighted by atomic mass is 79.9. The highest BCUT2D eigenvalue weighted by Gasteiger charge is 2.31. The minimum Gasteiger partial charge on any atom is -1.00 e. The molecule has 1 aromatic heterocycles. The molecule has 0 bridgehead atoms. The smallest absolute Gasteiger partial charge is 0.337 e. The van der Waals surface area contributed by atoms with Gasteiger partial charge < -0.3 is 17.0 Å². The first-order chi connectivity index (χ1) is 10.3. The van der Waals surface area contributed by atoms with E-state index in [0.29, 0.717) is 0 Å². The fourth-order valence-corrected chi connectivity index (χ4v) is 4.40. The van der Waals surface area contributed by atoms with Crippen LogP contribution in [-0.4, -0.2) is 13.1 Å². The highest BCUT2D eigenvalue weighted by Crippen LogP contribution is 2.30. The summed E-state index contributed by atoms with van der Waals surface area (Å²) in [4.78, 5) is 2.53. The van der Waals surface area contributed by atoms with Crippen LogP contribution >= 0.6 is 11.3 Å². The van der Waals surface area contributed by atoms with Gasteiger partial charge >= 0.3 is 5.13 Å². The van der Waals surface area contributed by atoms with Crippen LogP contribution < -0.4 is 26.4 Å². The molecule has 0 spiro atoms. The van der Waals surface area contributed by atoms with Gasteiger partial charge in [0.2, 0.25) is 0 Å². The number of nitrogens with zero attached hydrogens (tertiary/aromatic N) is 2. The van der Waals surface area contributed by atoms with Gasteiger partial charge in [-0.2, -0.15) is 0 Å². The average Bonchev–Trinajstić information content (AvgIpc) is 3.04. The van der Waals surface area contributed by atoms with E-state index in [1.807, 2.05) is 11.3 Å². The monoisotopic (exact) mass is 374 g/mol.